The van der Waals surface area contributed by atoms with Gasteiger partial charge in [0.2, 0.25) is 0 Å². The van der Waals surface area contributed by atoms with Crippen molar-refractivity contribution in [1.82, 2.24) is 10.2 Å². The zero-order chi connectivity index (χ0) is 33.9. The molecule has 9 atom stereocenters. The fourth-order valence-electron chi connectivity index (χ4n) is 6.56. The third-order valence-corrected chi connectivity index (χ3v) is 10.3. The highest BCUT2D eigenvalue weighted by atomic mass is 16.6. The van der Waals surface area contributed by atoms with E-state index < -0.39 is 12.2 Å². The van der Waals surface area contributed by atoms with Crippen LogP contribution in [-0.2, 0) is 23.7 Å². The van der Waals surface area contributed by atoms with E-state index in [1.54, 1.807) is 0 Å². The number of ether oxygens (including phenoxy) is 4. The molecule has 0 radical (unpaired) electrons. The number of epoxide rings is 1. The second-order valence-electron chi connectivity index (χ2n) is 15.1. The molecule has 1 amide bonds. The number of allylic oxidation sites excluding steroid dienone is 3. The van der Waals surface area contributed by atoms with Crippen LogP contribution in [0.25, 0.3) is 0 Å². The number of nitrogens with zero attached hydrogens (tertiary/aromatic N) is 1. The molecule has 2 fully saturated rings. The molecule has 8 heteroatoms. The van der Waals surface area contributed by atoms with Gasteiger partial charge in [-0.05, 0) is 66.9 Å². The van der Waals surface area contributed by atoms with Crippen molar-refractivity contribution >= 4 is 12.1 Å². The lowest BCUT2D eigenvalue weighted by Crippen LogP contribution is -2.42. The van der Waals surface area contributed by atoms with Gasteiger partial charge in [-0.15, -0.1) is 0 Å². The molecule has 0 bridgehead atoms. The van der Waals surface area contributed by atoms with Gasteiger partial charge in [-0.3, -0.25) is 9.69 Å². The molecule has 9 unspecified atom stereocenters. The molecule has 3 aliphatic heterocycles. The average Bonchev–Trinajstić information content (AvgIpc) is 3.77. The molecule has 0 aliphatic carbocycles. The first-order valence-electron chi connectivity index (χ1n) is 17.9. The Bertz CT molecular complexity index is 1050. The van der Waals surface area contributed by atoms with Gasteiger partial charge in [-0.1, -0.05) is 86.1 Å². The van der Waals surface area contributed by atoms with Crippen LogP contribution in [0.15, 0.2) is 36.0 Å². The Morgan fingerprint density at radius 3 is 2.57 bits per heavy atom. The fourth-order valence-corrected chi connectivity index (χ4v) is 6.56. The summed E-state index contributed by atoms with van der Waals surface area (Å²) in [5, 5.41) is 2.93. The summed E-state index contributed by atoms with van der Waals surface area (Å²) in [6.07, 6.45) is 14.2. The molecule has 0 saturated carbocycles. The zero-order valence-electron chi connectivity index (χ0n) is 30.3. The maximum atomic E-state index is 13.0. The summed E-state index contributed by atoms with van der Waals surface area (Å²) >= 11 is 0. The molecule has 3 aliphatic rings. The molecule has 0 spiro atoms. The summed E-state index contributed by atoms with van der Waals surface area (Å²) in [6, 6.07) is 0. The maximum absolute atomic E-state index is 13.0. The first-order valence-corrected chi connectivity index (χ1v) is 17.9. The molecule has 0 aromatic rings. The molecule has 0 aromatic carbocycles. The summed E-state index contributed by atoms with van der Waals surface area (Å²) in [5.41, 5.74) is 0.971. The molecular weight excluding hydrogens is 580 g/mol. The van der Waals surface area contributed by atoms with Gasteiger partial charge in [0.1, 0.15) is 12.2 Å². The molecule has 262 valence electrons. The van der Waals surface area contributed by atoms with Crippen LogP contribution in [-0.4, -0.2) is 80.8 Å². The van der Waals surface area contributed by atoms with Crippen molar-refractivity contribution < 1.29 is 28.5 Å². The van der Waals surface area contributed by atoms with Crippen LogP contribution in [0.4, 0.5) is 4.79 Å². The third-order valence-electron chi connectivity index (χ3n) is 10.3. The van der Waals surface area contributed by atoms with Gasteiger partial charge in [-0.2, -0.15) is 0 Å². The van der Waals surface area contributed by atoms with Gasteiger partial charge >= 0.3 is 12.1 Å². The third kappa shape index (κ3) is 12.8. The van der Waals surface area contributed by atoms with Crippen LogP contribution < -0.4 is 5.32 Å². The van der Waals surface area contributed by atoms with Crippen LogP contribution in [0.3, 0.4) is 0 Å². The Morgan fingerprint density at radius 2 is 1.87 bits per heavy atom. The molecule has 3 rings (SSSR count). The van der Waals surface area contributed by atoms with E-state index >= 15 is 0 Å². The molecule has 46 heavy (non-hydrogen) atoms. The predicted molar refractivity (Wildman–Crippen MR) is 184 cm³/mol. The van der Waals surface area contributed by atoms with Gasteiger partial charge in [0.25, 0.3) is 0 Å². The number of esters is 1. The van der Waals surface area contributed by atoms with Gasteiger partial charge < -0.3 is 24.3 Å². The molecule has 3 heterocycles. The summed E-state index contributed by atoms with van der Waals surface area (Å²) in [4.78, 5) is 28.1. The number of alkyl carbamates (subject to hydrolysis) is 1. The van der Waals surface area contributed by atoms with Crippen molar-refractivity contribution in [1.29, 1.82) is 0 Å². The Labute approximate surface area is 279 Å². The van der Waals surface area contributed by atoms with E-state index in [9.17, 15) is 9.59 Å². The first-order chi connectivity index (χ1) is 21.8. The van der Waals surface area contributed by atoms with E-state index in [0.717, 1.165) is 57.7 Å². The zero-order valence-corrected chi connectivity index (χ0v) is 30.3. The second-order valence-corrected chi connectivity index (χ2v) is 15.1. The number of nitrogens with one attached hydrogen (secondary N) is 1. The Morgan fingerprint density at radius 1 is 1.15 bits per heavy atom. The van der Waals surface area contributed by atoms with Crippen molar-refractivity contribution in [3.8, 4) is 0 Å². The number of carbonyl (C=O) groups is 2. The maximum Gasteiger partial charge on any atom is 0.407 e. The minimum Gasteiger partial charge on any atom is -0.457 e. The second kappa shape index (κ2) is 18.4. The fraction of sp³-hybridized carbons (Fsp3) is 0.789. The standard InChI is InChI=1S/C38H64N2O6/c1-10-27(3)31(7)36-33(44-36)25-38(8,9)17-11-12-29(5)35-30(6)15-16-32(28(4)14-13-26(2)24-34(41)46-35)45-37(42)39-18-19-40-20-22-43-23-21-40/h11-12,15-17,26-28,30-33,35-36H,10,13-14,18-25H2,1-9H3,(H,39,42)/b16-15+,17-11+,29-12+. The number of morpholine rings is 1. The van der Waals surface area contributed by atoms with E-state index in [0.29, 0.717) is 37.0 Å². The monoisotopic (exact) mass is 644 g/mol. The van der Waals surface area contributed by atoms with Gasteiger partial charge in [0.15, 0.2) is 0 Å². The minimum absolute atomic E-state index is 0.0149. The topological polar surface area (TPSA) is 89.6 Å². The van der Waals surface area contributed by atoms with Gasteiger partial charge in [0.05, 0.1) is 25.4 Å². The SMILES string of the molecule is CCC(C)C(C)C1OC1CC(C)(C)/C=C/C=C(\C)C1OC(=O)CC(C)CCC(C)C(OC(=O)NCCN2CCOCC2)/C=C/C1C. The highest BCUT2D eigenvalue weighted by molar-refractivity contribution is 5.70. The van der Waals surface area contributed by atoms with E-state index in [-0.39, 0.29) is 35.2 Å². The highest BCUT2D eigenvalue weighted by Gasteiger charge is 2.46. The number of hydrogen-bond acceptors (Lipinski definition) is 7. The molecule has 8 nitrogen and oxygen atoms in total. The Hall–Kier alpha value is -2.16. The smallest absolute Gasteiger partial charge is 0.407 e. The number of hydrogen-bond donors (Lipinski definition) is 1. The quantitative estimate of drug-likeness (QED) is 0.103. The van der Waals surface area contributed by atoms with Crippen LogP contribution in [0.1, 0.15) is 94.4 Å². The molecule has 2 saturated heterocycles. The van der Waals surface area contributed by atoms with Crippen LogP contribution in [0.5, 0.6) is 0 Å². The molecular formula is C38H64N2O6. The lowest BCUT2D eigenvalue weighted by molar-refractivity contribution is -0.149. The van der Waals surface area contributed by atoms with Crippen LogP contribution in [0, 0.1) is 35.0 Å². The van der Waals surface area contributed by atoms with Gasteiger partial charge in [-0.25, -0.2) is 4.79 Å². The van der Waals surface area contributed by atoms with Crippen molar-refractivity contribution in [3.63, 3.8) is 0 Å². The lowest BCUT2D eigenvalue weighted by atomic mass is 9.83. The largest absolute Gasteiger partial charge is 0.457 e. The highest BCUT2D eigenvalue weighted by Crippen LogP contribution is 2.41. The summed E-state index contributed by atoms with van der Waals surface area (Å²) in [5.74, 6) is 1.28. The Balaban J connectivity index is 1.64. The van der Waals surface area contributed by atoms with Crippen molar-refractivity contribution in [2.24, 2.45) is 35.0 Å². The molecule has 0 aromatic heterocycles. The van der Waals surface area contributed by atoms with E-state index in [4.69, 9.17) is 18.9 Å². The number of amides is 1. The Kier molecular flexibility index (Phi) is 15.3. The van der Waals surface area contributed by atoms with Crippen molar-refractivity contribution in [2.45, 2.75) is 119 Å². The minimum atomic E-state index is -0.408. The normalized spacial score (nSPS) is 32.5. The summed E-state index contributed by atoms with van der Waals surface area (Å²) in [6.45, 7) is 24.2. The lowest BCUT2D eigenvalue weighted by Gasteiger charge is -2.28. The molecule has 1 N–H and O–H groups in total. The number of rotatable bonds is 12. The van der Waals surface area contributed by atoms with Crippen molar-refractivity contribution in [3.05, 3.63) is 36.0 Å². The van der Waals surface area contributed by atoms with Crippen LogP contribution >= 0.6 is 0 Å². The van der Waals surface area contributed by atoms with Crippen molar-refractivity contribution in [2.75, 3.05) is 39.4 Å². The summed E-state index contributed by atoms with van der Waals surface area (Å²) < 4.78 is 23.6. The summed E-state index contributed by atoms with van der Waals surface area (Å²) in [7, 11) is 0. The number of carbonyl (C=O) groups excluding carboxylic acids is 2. The van der Waals surface area contributed by atoms with E-state index in [1.165, 1.54) is 6.42 Å². The van der Waals surface area contributed by atoms with E-state index in [2.05, 4.69) is 83.8 Å². The van der Waals surface area contributed by atoms with Crippen LogP contribution in [0.2, 0.25) is 0 Å². The predicted octanol–water partition coefficient (Wildman–Crippen LogP) is 7.34. The first kappa shape index (κ1) is 38.3. The van der Waals surface area contributed by atoms with E-state index in [1.807, 2.05) is 19.1 Å². The average molecular weight is 645 g/mol. The van der Waals surface area contributed by atoms with Gasteiger partial charge in [0, 0.05) is 38.5 Å². The number of cyclic esters (lactones) is 1.